The maximum atomic E-state index is 11.1. The Morgan fingerprint density at radius 2 is 0.975 bits per heavy atom. The summed E-state index contributed by atoms with van der Waals surface area (Å²) in [6.45, 7) is 1.04. The number of aromatic hydroxyl groups is 1. The van der Waals surface area contributed by atoms with E-state index in [1.807, 2.05) is 111 Å². The minimum atomic E-state index is -1.07. The van der Waals surface area contributed by atoms with E-state index in [4.69, 9.17) is 55.5 Å². The summed E-state index contributed by atoms with van der Waals surface area (Å²) in [7, 11) is 6.11. The molecule has 7 rings (SSSR count). The number of hydrogen-bond acceptors (Lipinski definition) is 15. The third kappa shape index (κ3) is 36.2. The van der Waals surface area contributed by atoms with Crippen LogP contribution in [0.5, 0.6) is 46.0 Å². The largest absolute Gasteiger partial charge is 1.00 e. The molecule has 0 saturated carbocycles. The van der Waals surface area contributed by atoms with Gasteiger partial charge in [0.25, 0.3) is 6.47 Å². The molecular formula is C54H53Br2I6K2O16V-. The molecule has 7 aromatic carbocycles. The topological polar surface area (TPSA) is 223 Å². The molecule has 0 amide bonds. The van der Waals surface area contributed by atoms with Crippen molar-refractivity contribution in [3.8, 4) is 46.0 Å². The van der Waals surface area contributed by atoms with Crippen molar-refractivity contribution in [3.05, 3.63) is 200 Å². The fourth-order valence-corrected chi connectivity index (χ4v) is 6.66. The normalized spacial score (nSPS) is 9.57. The van der Waals surface area contributed by atoms with Gasteiger partial charge in [-0.05, 0) is 109 Å². The number of halogens is 8. The second-order valence-corrected chi connectivity index (χ2v) is 32.0. The fourth-order valence-electron chi connectivity index (χ4n) is 5.75. The number of hydrogen-bond donors (Lipinski definition) is 2. The molecule has 0 unspecified atom stereocenters. The van der Waals surface area contributed by atoms with Gasteiger partial charge in [0.2, 0.25) is 0 Å². The number of carboxylic acid groups (broad SMARTS) is 1. The van der Waals surface area contributed by atoms with E-state index in [1.54, 1.807) is 62.8 Å². The van der Waals surface area contributed by atoms with Crippen LogP contribution in [0.25, 0.3) is 0 Å². The number of methoxy groups -OCH3 is 4. The molecule has 2 N–H and O–H groups in total. The van der Waals surface area contributed by atoms with Crippen LogP contribution in [-0.2, 0) is 43.4 Å². The van der Waals surface area contributed by atoms with Crippen molar-refractivity contribution in [1.82, 2.24) is 0 Å². The minimum absolute atomic E-state index is 0. The quantitative estimate of drug-likeness (QED) is 0.0377. The Hall–Kier alpha value is 0.0471. The minimum Gasteiger partial charge on any atom is -1.00 e. The number of rotatable bonds is 18. The van der Waals surface area contributed by atoms with Gasteiger partial charge in [0.05, 0.1) is 34.0 Å². The van der Waals surface area contributed by atoms with Crippen LogP contribution in [0, 0.1) is 0 Å². The summed E-state index contributed by atoms with van der Waals surface area (Å²) in [6, 6.07) is 45.3. The zero-order valence-corrected chi connectivity index (χ0v) is 67.7. The van der Waals surface area contributed by atoms with E-state index in [0.29, 0.717) is 92.0 Å². The molecule has 0 aliphatic rings. The van der Waals surface area contributed by atoms with E-state index >= 15 is 0 Å². The van der Waals surface area contributed by atoms with Crippen LogP contribution >= 0.6 is 121 Å². The summed E-state index contributed by atoms with van der Waals surface area (Å²) in [6.07, 6.45) is 2.23. The van der Waals surface area contributed by atoms with Crippen LogP contribution < -0.4 is 160 Å². The molecule has 0 bridgehead atoms. The molecule has 0 aliphatic heterocycles. The molecule has 0 aromatic heterocycles. The first-order valence-electron chi connectivity index (χ1n) is 22.8. The molecule has 429 valence electrons. The summed E-state index contributed by atoms with van der Waals surface area (Å²) in [5.74, 6) is 2.55. The van der Waals surface area contributed by atoms with E-state index in [9.17, 15) is 19.2 Å². The van der Waals surface area contributed by atoms with Crippen molar-refractivity contribution in [2.24, 2.45) is 0 Å². The van der Waals surface area contributed by atoms with Gasteiger partial charge in [-0.15, -0.1) is 0 Å². The Morgan fingerprint density at radius 1 is 0.630 bits per heavy atom. The first kappa shape index (κ1) is 79.1. The predicted molar refractivity (Wildman–Crippen MR) is 347 cm³/mol. The SMILES string of the molecule is COc1cc(Br)c(C(=O)O)cc1OCc1ccccc1.COc1cc(Br)c(C=O)cc1OCc1ccccc1.COc1ccc(C=O)cc1O.COc1ccc(C=O)cc1OCc1ccccc1.O=CO[O-].[2H]I(I)I.[2H][I-]I.[2H][V][I].[H-].[K+].[K+]. The van der Waals surface area contributed by atoms with Gasteiger partial charge < -0.3 is 54.9 Å². The molecule has 0 spiro atoms. The van der Waals surface area contributed by atoms with Crippen molar-refractivity contribution in [1.29, 1.82) is 2.07 Å². The second-order valence-electron chi connectivity index (χ2n) is 14.1. The number of benzene rings is 7. The van der Waals surface area contributed by atoms with E-state index in [0.717, 1.165) is 29.3 Å². The first-order valence-corrected chi connectivity index (χ1v) is 46.5. The number of carboxylic acids is 1. The van der Waals surface area contributed by atoms with Gasteiger partial charge >= 0.3 is 232 Å². The molecule has 27 heteroatoms. The maximum absolute atomic E-state index is 11.1. The van der Waals surface area contributed by atoms with Crippen LogP contribution in [0.15, 0.2) is 161 Å². The van der Waals surface area contributed by atoms with Gasteiger partial charge in [-0.25, -0.2) is 4.79 Å². The molecule has 0 saturated heterocycles. The van der Waals surface area contributed by atoms with Crippen molar-refractivity contribution >= 4 is 152 Å². The molecule has 7 aromatic rings. The van der Waals surface area contributed by atoms with Crippen LogP contribution in [0.4, 0.5) is 0 Å². The Balaban J connectivity index is -0.000000478. The third-order valence-electron chi connectivity index (χ3n) is 9.31. The Kier molecular flexibility index (Phi) is 54.0. The standard InChI is InChI=1S/C15H13BrO4.C15H13BrO3.C15H14O3.C8H8O3.CH2O3.HI3.HI2.HI.2K.V.2H/c1-19-13-8-12(16)11(15(17)18)7-14(13)20-9-10-5-3-2-4-6-10;1-18-14-8-13(16)12(9-17)7-15(14)19-10-11-5-3-2-4-6-11;1-17-14-8-7-13(10-16)9-15(14)18-11-12-5-3-2-4-6-12;1-11-8-3-2-6(5-9)4-7(8)10;2-1-4-3;1-3-2;1-2;;;;;;/h2-8H,9H2,1H3,(H,17,18);2-9H,10H2,1H3;2-10H,11H2,1H3;2-5,10H,1H3;1,3H;3H;1H;1H;;;;;/q;;;;;;-1;;3*+1;;-1/p-2/i;;;;;3D;1D;;;;;1+1;. The average Bonchev–Trinajstić information content (AvgIpc) is 3.68. The molecule has 0 heterocycles. The van der Waals surface area contributed by atoms with Crippen molar-refractivity contribution in [2.75, 3.05) is 28.4 Å². The number of aromatic carboxylic acids is 1. The fraction of sp³-hybridized carbons (Fsp3) is 0.130. The summed E-state index contributed by atoms with van der Waals surface area (Å²) >= 11 is 13.6. The van der Waals surface area contributed by atoms with Crippen molar-refractivity contribution < 1.29 is 214 Å². The Bertz CT molecular complexity index is 2930. The molecule has 0 fully saturated rings. The molecule has 16 nitrogen and oxygen atoms in total. The van der Waals surface area contributed by atoms with Crippen molar-refractivity contribution in [3.63, 3.8) is 0 Å². The van der Waals surface area contributed by atoms with E-state index in [-0.39, 0.29) is 154 Å². The second kappa shape index (κ2) is 55.4. The molecule has 0 radical (unpaired) electrons. The van der Waals surface area contributed by atoms with E-state index in [2.05, 4.69) is 92.6 Å². The zero-order valence-electron chi connectivity index (χ0n) is 47.9. The molecule has 0 atom stereocenters. The van der Waals surface area contributed by atoms with Gasteiger partial charge in [0, 0.05) is 25.6 Å². The summed E-state index contributed by atoms with van der Waals surface area (Å²) in [4.78, 5) is 54.2. The number of carbonyl (C=O) groups excluding carboxylic acids is 4. The van der Waals surface area contributed by atoms with Gasteiger partial charge in [0.15, 0.2) is 52.3 Å². The predicted octanol–water partition coefficient (Wildman–Crippen LogP) is 5.07. The smallest absolute Gasteiger partial charge is 1.00 e. The Morgan fingerprint density at radius 3 is 1.31 bits per heavy atom. The van der Waals surface area contributed by atoms with Crippen LogP contribution in [0.2, 0.25) is 0 Å². The van der Waals surface area contributed by atoms with E-state index < -0.39 is 19.0 Å². The van der Waals surface area contributed by atoms with Gasteiger partial charge in [-0.1, -0.05) is 91.0 Å². The number of phenols is 1. The van der Waals surface area contributed by atoms with Gasteiger partial charge in [-0.2, -0.15) is 0 Å². The number of phenolic OH excluding ortho intramolecular Hbond substituents is 1. The van der Waals surface area contributed by atoms with Crippen LogP contribution in [0.3, 0.4) is 0 Å². The number of carbonyl (C=O) groups is 5. The Labute approximate surface area is 649 Å². The zero-order chi connectivity index (χ0) is 61.7. The monoisotopic (exact) mass is 2010 g/mol. The van der Waals surface area contributed by atoms with Crippen molar-refractivity contribution in [2.45, 2.75) is 19.8 Å². The summed E-state index contributed by atoms with van der Waals surface area (Å²) < 4.78 is 57.9. The number of ether oxygens (including phenoxy) is 7. The molecule has 81 heavy (non-hydrogen) atoms. The average molecular weight is 2010 g/mol. The molecule has 0 aliphatic carbocycles. The van der Waals surface area contributed by atoms with E-state index in [1.165, 1.54) is 26.4 Å². The maximum Gasteiger partial charge on any atom is 1.00 e. The van der Waals surface area contributed by atoms with Gasteiger partial charge in [0.1, 0.15) is 32.4 Å². The third-order valence-corrected chi connectivity index (χ3v) is 10.7. The number of aldehydes is 3. The summed E-state index contributed by atoms with van der Waals surface area (Å²) in [5.41, 5.74) is 4.78. The first-order chi connectivity index (χ1) is 39.4. The van der Waals surface area contributed by atoms with Gasteiger partial charge in [-0.3, -0.25) is 19.2 Å². The molecular weight excluding hydrogens is 1950 g/mol. The van der Waals surface area contributed by atoms with Crippen LogP contribution in [0.1, 0.15) is 59.5 Å². The summed E-state index contributed by atoms with van der Waals surface area (Å²) in [5, 5.41) is 26.7. The van der Waals surface area contributed by atoms with Crippen LogP contribution in [-0.4, -0.2) is 72.0 Å².